The van der Waals surface area contributed by atoms with Crippen LogP contribution in [0.1, 0.15) is 16.1 Å². The summed E-state index contributed by atoms with van der Waals surface area (Å²) in [5, 5.41) is 0. The van der Waals surface area contributed by atoms with Gasteiger partial charge in [0, 0.05) is 19.8 Å². The Morgan fingerprint density at radius 3 is 2.90 bits per heavy atom. The molecule has 0 aliphatic rings. The van der Waals surface area contributed by atoms with Crippen LogP contribution in [0.15, 0.2) is 42.6 Å². The van der Waals surface area contributed by atoms with Gasteiger partial charge in [-0.2, -0.15) is 0 Å². The van der Waals surface area contributed by atoms with Gasteiger partial charge in [0.05, 0.1) is 12.8 Å². The number of aromatic nitrogens is 1. The maximum atomic E-state index is 12.3. The first-order valence-corrected chi connectivity index (χ1v) is 6.45. The van der Waals surface area contributed by atoms with Gasteiger partial charge in [-0.3, -0.25) is 15.6 Å². The first kappa shape index (κ1) is 14.8. The van der Waals surface area contributed by atoms with E-state index in [1.807, 2.05) is 24.3 Å². The Balaban J connectivity index is 2.11. The fraction of sp³-hybridized carbons (Fsp3) is 0.200. The van der Waals surface area contributed by atoms with Gasteiger partial charge in [-0.15, -0.1) is 0 Å². The van der Waals surface area contributed by atoms with Gasteiger partial charge >= 0.3 is 0 Å². The third-order valence-corrected chi connectivity index (χ3v) is 3.05. The SMILES string of the molecule is COc1cccc(CN(C)C(=O)c2cc(NN)ccn2)c1. The summed E-state index contributed by atoms with van der Waals surface area (Å²) in [6, 6.07) is 10.9. The number of amides is 1. The highest BCUT2D eigenvalue weighted by atomic mass is 16.5. The van der Waals surface area contributed by atoms with Crippen molar-refractivity contribution in [1.29, 1.82) is 0 Å². The van der Waals surface area contributed by atoms with E-state index in [2.05, 4.69) is 10.4 Å². The minimum absolute atomic E-state index is 0.171. The zero-order valence-electron chi connectivity index (χ0n) is 12.0. The van der Waals surface area contributed by atoms with E-state index in [0.717, 1.165) is 11.3 Å². The van der Waals surface area contributed by atoms with Crippen LogP contribution in [0, 0.1) is 0 Å². The molecule has 0 bridgehead atoms. The molecular formula is C15H18N4O2. The van der Waals surface area contributed by atoms with Crippen molar-refractivity contribution < 1.29 is 9.53 Å². The van der Waals surface area contributed by atoms with Crippen molar-refractivity contribution in [3.63, 3.8) is 0 Å². The first-order chi connectivity index (χ1) is 10.1. The molecule has 0 atom stereocenters. The topological polar surface area (TPSA) is 80.5 Å². The monoisotopic (exact) mass is 286 g/mol. The van der Waals surface area contributed by atoms with Gasteiger partial charge in [-0.1, -0.05) is 12.1 Å². The number of carbonyl (C=O) groups is 1. The van der Waals surface area contributed by atoms with Crippen molar-refractivity contribution in [3.05, 3.63) is 53.9 Å². The lowest BCUT2D eigenvalue weighted by Crippen LogP contribution is -2.27. The van der Waals surface area contributed by atoms with Crippen LogP contribution < -0.4 is 16.0 Å². The quantitative estimate of drug-likeness (QED) is 0.645. The van der Waals surface area contributed by atoms with Crippen LogP contribution in [0.5, 0.6) is 5.75 Å². The lowest BCUT2D eigenvalue weighted by atomic mass is 10.2. The van der Waals surface area contributed by atoms with Gasteiger partial charge in [-0.05, 0) is 29.8 Å². The maximum absolute atomic E-state index is 12.3. The Bertz CT molecular complexity index is 631. The van der Waals surface area contributed by atoms with Gasteiger partial charge in [0.2, 0.25) is 0 Å². The third-order valence-electron chi connectivity index (χ3n) is 3.05. The van der Waals surface area contributed by atoms with Crippen molar-refractivity contribution in [2.24, 2.45) is 5.84 Å². The molecule has 0 radical (unpaired) electrons. The summed E-state index contributed by atoms with van der Waals surface area (Å²) in [6.07, 6.45) is 1.54. The molecule has 1 amide bonds. The summed E-state index contributed by atoms with van der Waals surface area (Å²) < 4.78 is 5.17. The second-order valence-corrected chi connectivity index (χ2v) is 4.59. The lowest BCUT2D eigenvalue weighted by molar-refractivity contribution is 0.0779. The van der Waals surface area contributed by atoms with Crippen LogP contribution in [-0.4, -0.2) is 29.9 Å². The van der Waals surface area contributed by atoms with Crippen molar-refractivity contribution in [3.8, 4) is 5.75 Å². The minimum Gasteiger partial charge on any atom is -0.497 e. The molecule has 0 saturated carbocycles. The molecule has 3 N–H and O–H groups in total. The van der Waals surface area contributed by atoms with Gasteiger partial charge < -0.3 is 15.1 Å². The van der Waals surface area contributed by atoms with Crippen molar-refractivity contribution in [1.82, 2.24) is 9.88 Å². The zero-order chi connectivity index (χ0) is 15.2. The van der Waals surface area contributed by atoms with Crippen LogP contribution in [0.3, 0.4) is 0 Å². The molecule has 2 rings (SSSR count). The predicted octanol–water partition coefficient (Wildman–Crippen LogP) is 1.65. The van der Waals surface area contributed by atoms with Gasteiger partial charge in [0.25, 0.3) is 5.91 Å². The molecule has 1 aromatic heterocycles. The number of nitrogens with one attached hydrogen (secondary N) is 1. The third kappa shape index (κ3) is 3.70. The Hall–Kier alpha value is -2.60. The lowest BCUT2D eigenvalue weighted by Gasteiger charge is -2.17. The molecule has 1 aromatic carbocycles. The smallest absolute Gasteiger partial charge is 0.272 e. The summed E-state index contributed by atoms with van der Waals surface area (Å²) >= 11 is 0. The number of nitrogens with two attached hydrogens (primary N) is 1. The van der Waals surface area contributed by atoms with Crippen molar-refractivity contribution in [2.45, 2.75) is 6.54 Å². The van der Waals surface area contributed by atoms with E-state index in [-0.39, 0.29) is 5.91 Å². The number of pyridine rings is 1. The van der Waals surface area contributed by atoms with E-state index in [1.54, 1.807) is 37.4 Å². The Kier molecular flexibility index (Phi) is 4.73. The van der Waals surface area contributed by atoms with Gasteiger partial charge in [-0.25, -0.2) is 0 Å². The summed E-state index contributed by atoms with van der Waals surface area (Å²) in [6.45, 7) is 0.470. The summed E-state index contributed by atoms with van der Waals surface area (Å²) in [7, 11) is 3.34. The highest BCUT2D eigenvalue weighted by Gasteiger charge is 2.14. The molecule has 0 saturated heterocycles. The van der Waals surface area contributed by atoms with E-state index in [9.17, 15) is 4.79 Å². The van der Waals surface area contributed by atoms with Gasteiger partial charge in [0.1, 0.15) is 11.4 Å². The van der Waals surface area contributed by atoms with E-state index in [1.165, 1.54) is 0 Å². The number of methoxy groups -OCH3 is 1. The van der Waals surface area contributed by atoms with Crippen molar-refractivity contribution >= 4 is 11.6 Å². The first-order valence-electron chi connectivity index (χ1n) is 6.45. The normalized spacial score (nSPS) is 10.0. The van der Waals surface area contributed by atoms with Crippen LogP contribution in [0.2, 0.25) is 0 Å². The minimum atomic E-state index is -0.171. The number of carbonyl (C=O) groups excluding carboxylic acids is 1. The molecule has 6 nitrogen and oxygen atoms in total. The van der Waals surface area contributed by atoms with Crippen LogP contribution in [0.25, 0.3) is 0 Å². The number of rotatable bonds is 5. The highest BCUT2D eigenvalue weighted by molar-refractivity contribution is 5.92. The van der Waals surface area contributed by atoms with E-state index in [4.69, 9.17) is 10.6 Å². The molecule has 6 heteroatoms. The van der Waals surface area contributed by atoms with E-state index >= 15 is 0 Å². The van der Waals surface area contributed by atoms with Crippen molar-refractivity contribution in [2.75, 3.05) is 19.6 Å². The molecule has 0 aliphatic heterocycles. The van der Waals surface area contributed by atoms with Crippen LogP contribution in [-0.2, 0) is 6.54 Å². The zero-order valence-corrected chi connectivity index (χ0v) is 12.0. The summed E-state index contributed by atoms with van der Waals surface area (Å²) in [5.74, 6) is 5.93. The number of anilines is 1. The number of hydrogen-bond acceptors (Lipinski definition) is 5. The number of nitrogen functional groups attached to an aromatic ring is 1. The Morgan fingerprint density at radius 2 is 2.19 bits per heavy atom. The number of hydrazine groups is 1. The second kappa shape index (κ2) is 6.71. The number of hydrogen-bond donors (Lipinski definition) is 2. The molecule has 0 aliphatic carbocycles. The predicted molar refractivity (Wildman–Crippen MR) is 80.8 cm³/mol. The fourth-order valence-corrected chi connectivity index (χ4v) is 1.95. The average molecular weight is 286 g/mol. The standard InChI is InChI=1S/C15H18N4O2/c1-19(10-11-4-3-5-13(8-11)21-2)15(20)14-9-12(18-16)6-7-17-14/h3-9H,10,16H2,1-2H3,(H,17,18). The Labute approximate surface area is 123 Å². The molecule has 0 fully saturated rings. The molecule has 0 spiro atoms. The van der Waals surface area contributed by atoms with Crippen LogP contribution >= 0.6 is 0 Å². The van der Waals surface area contributed by atoms with Gasteiger partial charge in [0.15, 0.2) is 0 Å². The molecule has 2 aromatic rings. The molecular weight excluding hydrogens is 268 g/mol. The number of benzene rings is 1. The number of nitrogens with zero attached hydrogens (tertiary/aromatic N) is 2. The Morgan fingerprint density at radius 1 is 1.38 bits per heavy atom. The van der Waals surface area contributed by atoms with E-state index in [0.29, 0.717) is 17.9 Å². The fourth-order valence-electron chi connectivity index (χ4n) is 1.95. The number of ether oxygens (including phenoxy) is 1. The maximum Gasteiger partial charge on any atom is 0.272 e. The molecule has 110 valence electrons. The summed E-state index contributed by atoms with van der Waals surface area (Å²) in [4.78, 5) is 18.0. The highest BCUT2D eigenvalue weighted by Crippen LogP contribution is 2.15. The molecule has 1 heterocycles. The summed E-state index contributed by atoms with van der Waals surface area (Å²) in [5.41, 5.74) is 4.47. The van der Waals surface area contributed by atoms with Crippen LogP contribution in [0.4, 0.5) is 5.69 Å². The largest absolute Gasteiger partial charge is 0.497 e. The second-order valence-electron chi connectivity index (χ2n) is 4.59. The molecule has 21 heavy (non-hydrogen) atoms. The average Bonchev–Trinajstić information content (AvgIpc) is 2.54. The van der Waals surface area contributed by atoms with E-state index < -0.39 is 0 Å². The molecule has 0 unspecified atom stereocenters.